The van der Waals surface area contributed by atoms with E-state index in [9.17, 15) is 0 Å². The van der Waals surface area contributed by atoms with Crippen molar-refractivity contribution >= 4 is 27.6 Å². The van der Waals surface area contributed by atoms with E-state index in [0.717, 1.165) is 35.6 Å². The predicted molar refractivity (Wildman–Crippen MR) is 83.8 cm³/mol. The highest BCUT2D eigenvalue weighted by atomic mass is 79.9. The summed E-state index contributed by atoms with van der Waals surface area (Å²) in [7, 11) is 0. The quantitative estimate of drug-likeness (QED) is 0.912. The summed E-state index contributed by atoms with van der Waals surface area (Å²) in [6, 6.07) is 0.549. The van der Waals surface area contributed by atoms with Gasteiger partial charge in [0, 0.05) is 19.1 Å². The second kappa shape index (κ2) is 7.08. The van der Waals surface area contributed by atoms with Gasteiger partial charge < -0.3 is 10.2 Å². The molecule has 1 aromatic heterocycles. The van der Waals surface area contributed by atoms with Crippen molar-refractivity contribution in [1.82, 2.24) is 9.97 Å². The molecule has 106 valence electrons. The van der Waals surface area contributed by atoms with Crippen molar-refractivity contribution in [3.05, 3.63) is 10.8 Å². The van der Waals surface area contributed by atoms with Gasteiger partial charge in [-0.05, 0) is 42.1 Å². The summed E-state index contributed by atoms with van der Waals surface area (Å²) < 4.78 is 0.997. The second-order valence-corrected chi connectivity index (χ2v) is 5.97. The van der Waals surface area contributed by atoms with E-state index < -0.39 is 0 Å². The number of hydrogen-bond donors (Lipinski definition) is 1. The molecule has 1 fully saturated rings. The number of anilines is 2. The van der Waals surface area contributed by atoms with Crippen molar-refractivity contribution in [2.75, 3.05) is 23.3 Å². The Bertz CT molecular complexity index is 410. The minimum atomic E-state index is 0.549. The van der Waals surface area contributed by atoms with Crippen LogP contribution in [0.1, 0.15) is 46.0 Å². The van der Waals surface area contributed by atoms with Gasteiger partial charge in [0.15, 0.2) is 0 Å². The monoisotopic (exact) mass is 326 g/mol. The van der Waals surface area contributed by atoms with E-state index in [2.05, 4.69) is 50.0 Å². The van der Waals surface area contributed by atoms with E-state index >= 15 is 0 Å². The number of rotatable bonds is 4. The Kier molecular flexibility index (Phi) is 5.43. The van der Waals surface area contributed by atoms with E-state index in [1.54, 1.807) is 6.33 Å². The summed E-state index contributed by atoms with van der Waals surface area (Å²) in [5.41, 5.74) is 0. The summed E-state index contributed by atoms with van der Waals surface area (Å²) in [4.78, 5) is 11.2. The maximum atomic E-state index is 4.49. The molecular formula is C14H23BrN4. The molecule has 1 aliphatic rings. The van der Waals surface area contributed by atoms with Gasteiger partial charge in [-0.15, -0.1) is 0 Å². The summed E-state index contributed by atoms with van der Waals surface area (Å²) in [5, 5.41) is 3.35. The number of hydrogen-bond acceptors (Lipinski definition) is 4. The van der Waals surface area contributed by atoms with Crippen molar-refractivity contribution in [1.29, 1.82) is 0 Å². The zero-order valence-corrected chi connectivity index (χ0v) is 13.4. The highest BCUT2D eigenvalue weighted by molar-refractivity contribution is 9.10. The van der Waals surface area contributed by atoms with Crippen LogP contribution in [0.15, 0.2) is 10.8 Å². The van der Waals surface area contributed by atoms with Gasteiger partial charge in [-0.25, -0.2) is 9.97 Å². The second-order valence-electron chi connectivity index (χ2n) is 5.18. The fraction of sp³-hybridized carbons (Fsp3) is 0.714. The Morgan fingerprint density at radius 3 is 3.00 bits per heavy atom. The molecule has 1 N–H and O–H groups in total. The molecule has 1 saturated heterocycles. The SMILES string of the molecule is CCCNc1ncnc(N2CCCCCC2C)c1Br. The van der Waals surface area contributed by atoms with Crippen LogP contribution in [0.3, 0.4) is 0 Å². The predicted octanol–water partition coefficient (Wildman–Crippen LogP) is 3.83. The number of halogens is 1. The van der Waals surface area contributed by atoms with Gasteiger partial charge in [-0.3, -0.25) is 0 Å². The van der Waals surface area contributed by atoms with Crippen LogP contribution in [0.25, 0.3) is 0 Å². The van der Waals surface area contributed by atoms with Crippen LogP contribution in [0.2, 0.25) is 0 Å². The Hall–Kier alpha value is -0.840. The standard InChI is InChI=1S/C14H23BrN4/c1-3-8-16-13-12(15)14(18-10-17-13)19-9-6-4-5-7-11(19)2/h10-11H,3-9H2,1-2H3,(H,16,17,18). The Labute approximate surface area is 124 Å². The number of aromatic nitrogens is 2. The third-order valence-corrected chi connectivity index (χ3v) is 4.37. The first-order valence-corrected chi connectivity index (χ1v) is 8.04. The van der Waals surface area contributed by atoms with Crippen LogP contribution in [-0.2, 0) is 0 Å². The van der Waals surface area contributed by atoms with Crippen molar-refractivity contribution in [2.24, 2.45) is 0 Å². The molecule has 2 heterocycles. The highest BCUT2D eigenvalue weighted by Crippen LogP contribution is 2.32. The summed E-state index contributed by atoms with van der Waals surface area (Å²) in [6.07, 6.45) is 7.89. The molecule has 0 spiro atoms. The molecule has 0 aliphatic carbocycles. The summed E-state index contributed by atoms with van der Waals surface area (Å²) in [5.74, 6) is 1.94. The zero-order valence-electron chi connectivity index (χ0n) is 11.8. The maximum Gasteiger partial charge on any atom is 0.148 e. The summed E-state index contributed by atoms with van der Waals surface area (Å²) >= 11 is 3.67. The first-order chi connectivity index (χ1) is 9.24. The van der Waals surface area contributed by atoms with Crippen molar-refractivity contribution in [2.45, 2.75) is 52.0 Å². The lowest BCUT2D eigenvalue weighted by Gasteiger charge is -2.29. The molecule has 1 unspecified atom stereocenters. The third-order valence-electron chi connectivity index (χ3n) is 3.64. The van der Waals surface area contributed by atoms with Gasteiger partial charge >= 0.3 is 0 Å². The van der Waals surface area contributed by atoms with Crippen LogP contribution in [0, 0.1) is 0 Å². The Morgan fingerprint density at radius 1 is 1.37 bits per heavy atom. The lowest BCUT2D eigenvalue weighted by Crippen LogP contribution is -2.33. The molecule has 1 atom stereocenters. The highest BCUT2D eigenvalue weighted by Gasteiger charge is 2.21. The molecule has 1 aliphatic heterocycles. The minimum Gasteiger partial charge on any atom is -0.369 e. The van der Waals surface area contributed by atoms with Gasteiger partial charge in [0.05, 0.1) is 0 Å². The first-order valence-electron chi connectivity index (χ1n) is 7.25. The number of nitrogens with zero attached hydrogens (tertiary/aromatic N) is 3. The molecule has 1 aromatic rings. The zero-order chi connectivity index (χ0) is 13.7. The lowest BCUT2D eigenvalue weighted by atomic mass is 10.1. The Balaban J connectivity index is 2.22. The lowest BCUT2D eigenvalue weighted by molar-refractivity contribution is 0.610. The van der Waals surface area contributed by atoms with E-state index in [1.165, 1.54) is 25.7 Å². The molecule has 4 nitrogen and oxygen atoms in total. The average molecular weight is 327 g/mol. The van der Waals surface area contributed by atoms with Crippen molar-refractivity contribution in [3.63, 3.8) is 0 Å². The molecule has 5 heteroatoms. The fourth-order valence-corrected chi connectivity index (χ4v) is 3.09. The van der Waals surface area contributed by atoms with E-state index in [4.69, 9.17) is 0 Å². The van der Waals surface area contributed by atoms with Gasteiger partial charge in [0.1, 0.15) is 22.4 Å². The Morgan fingerprint density at radius 2 is 2.21 bits per heavy atom. The number of nitrogens with one attached hydrogen (secondary N) is 1. The molecule has 0 saturated carbocycles. The van der Waals surface area contributed by atoms with Gasteiger partial charge in [-0.2, -0.15) is 0 Å². The van der Waals surface area contributed by atoms with Crippen molar-refractivity contribution < 1.29 is 0 Å². The van der Waals surface area contributed by atoms with Gasteiger partial charge in [0.25, 0.3) is 0 Å². The first kappa shape index (κ1) is 14.6. The van der Waals surface area contributed by atoms with Crippen LogP contribution < -0.4 is 10.2 Å². The van der Waals surface area contributed by atoms with Gasteiger partial charge in [-0.1, -0.05) is 19.8 Å². The van der Waals surface area contributed by atoms with E-state index in [1.807, 2.05) is 0 Å². The van der Waals surface area contributed by atoms with E-state index in [-0.39, 0.29) is 0 Å². The molecule has 0 aromatic carbocycles. The van der Waals surface area contributed by atoms with Gasteiger partial charge in [0.2, 0.25) is 0 Å². The fourth-order valence-electron chi connectivity index (χ4n) is 2.52. The molecule has 2 rings (SSSR count). The molecular weight excluding hydrogens is 304 g/mol. The van der Waals surface area contributed by atoms with Crippen LogP contribution >= 0.6 is 15.9 Å². The molecule has 0 radical (unpaired) electrons. The smallest absolute Gasteiger partial charge is 0.148 e. The van der Waals surface area contributed by atoms with Crippen molar-refractivity contribution in [3.8, 4) is 0 Å². The molecule has 0 amide bonds. The normalized spacial score (nSPS) is 20.2. The minimum absolute atomic E-state index is 0.549. The van der Waals surface area contributed by atoms with E-state index in [0.29, 0.717) is 6.04 Å². The van der Waals surface area contributed by atoms with Crippen LogP contribution in [0.5, 0.6) is 0 Å². The average Bonchev–Trinajstić information content (AvgIpc) is 2.62. The maximum absolute atomic E-state index is 4.49. The summed E-state index contributed by atoms with van der Waals surface area (Å²) in [6.45, 7) is 6.47. The molecule has 19 heavy (non-hydrogen) atoms. The third kappa shape index (κ3) is 3.59. The van der Waals surface area contributed by atoms with Crippen LogP contribution in [-0.4, -0.2) is 29.1 Å². The molecule has 0 bridgehead atoms. The largest absolute Gasteiger partial charge is 0.369 e. The topological polar surface area (TPSA) is 41.1 Å². The van der Waals surface area contributed by atoms with Crippen LogP contribution in [0.4, 0.5) is 11.6 Å².